The highest BCUT2D eigenvalue weighted by molar-refractivity contribution is 5.86. The number of carboxylic acid groups (broad SMARTS) is 1. The highest BCUT2D eigenvalue weighted by atomic mass is 16.4. The summed E-state index contributed by atoms with van der Waals surface area (Å²) >= 11 is 0. The molecule has 0 radical (unpaired) electrons. The van der Waals surface area contributed by atoms with Crippen LogP contribution in [0.3, 0.4) is 0 Å². The van der Waals surface area contributed by atoms with E-state index in [0.29, 0.717) is 12.6 Å². The lowest BCUT2D eigenvalue weighted by Gasteiger charge is -2.20. The summed E-state index contributed by atoms with van der Waals surface area (Å²) in [6.45, 7) is 2.59. The number of hydrogen-bond acceptors (Lipinski definition) is 3. The van der Waals surface area contributed by atoms with E-state index in [1.807, 2.05) is 6.92 Å². The van der Waals surface area contributed by atoms with Crippen LogP contribution in [0.2, 0.25) is 0 Å². The van der Waals surface area contributed by atoms with E-state index < -0.39 is 5.97 Å². The van der Waals surface area contributed by atoms with Crippen LogP contribution in [0.15, 0.2) is 12.3 Å². The van der Waals surface area contributed by atoms with E-state index in [1.165, 1.54) is 16.9 Å². The van der Waals surface area contributed by atoms with Gasteiger partial charge in [0.2, 0.25) is 5.91 Å². The number of likely N-dealkylation sites (N-methyl/N-ethyl adjacent to an activating group) is 1. The molecule has 0 atom stereocenters. The molecule has 1 aromatic rings. The number of amides is 1. The molecule has 1 aromatic heterocycles. The van der Waals surface area contributed by atoms with Crippen LogP contribution in [0.4, 0.5) is 0 Å². The van der Waals surface area contributed by atoms with Gasteiger partial charge in [0.1, 0.15) is 12.2 Å². The Morgan fingerprint density at radius 1 is 1.59 bits per heavy atom. The lowest BCUT2D eigenvalue weighted by molar-refractivity contribution is -0.132. The third-order valence-corrected chi connectivity index (χ3v) is 2.87. The van der Waals surface area contributed by atoms with Gasteiger partial charge in [-0.3, -0.25) is 4.79 Å². The third-order valence-electron chi connectivity index (χ3n) is 2.87. The maximum atomic E-state index is 12.0. The Balaban J connectivity index is 2.06. The third kappa shape index (κ3) is 2.46. The van der Waals surface area contributed by atoms with Crippen LogP contribution >= 0.6 is 0 Å². The maximum absolute atomic E-state index is 12.0. The molecule has 1 amide bonds. The summed E-state index contributed by atoms with van der Waals surface area (Å²) in [4.78, 5) is 24.6. The molecule has 1 fully saturated rings. The minimum absolute atomic E-state index is 0.00102. The average Bonchev–Trinajstić information content (AvgIpc) is 2.98. The van der Waals surface area contributed by atoms with Gasteiger partial charge in [0.25, 0.3) is 0 Å². The van der Waals surface area contributed by atoms with Crippen molar-refractivity contribution < 1.29 is 14.7 Å². The van der Waals surface area contributed by atoms with Crippen molar-refractivity contribution in [1.29, 1.82) is 0 Å². The van der Waals surface area contributed by atoms with Gasteiger partial charge in [-0.1, -0.05) is 0 Å². The van der Waals surface area contributed by atoms with E-state index in [2.05, 4.69) is 5.10 Å². The Labute approximate surface area is 98.8 Å². The fourth-order valence-electron chi connectivity index (χ4n) is 1.88. The van der Waals surface area contributed by atoms with E-state index in [9.17, 15) is 9.59 Å². The second-order valence-corrected chi connectivity index (χ2v) is 4.09. The minimum atomic E-state index is -1.07. The molecule has 17 heavy (non-hydrogen) atoms. The van der Waals surface area contributed by atoms with Crippen molar-refractivity contribution in [2.45, 2.75) is 32.4 Å². The SMILES string of the molecule is CCN(C(=O)Cn1nccc1C(=O)O)C1CC1. The summed E-state index contributed by atoms with van der Waals surface area (Å²) in [5, 5.41) is 12.8. The second kappa shape index (κ2) is 4.57. The summed E-state index contributed by atoms with van der Waals surface area (Å²) in [7, 11) is 0. The summed E-state index contributed by atoms with van der Waals surface area (Å²) in [5.41, 5.74) is 0.0465. The van der Waals surface area contributed by atoms with Gasteiger partial charge >= 0.3 is 5.97 Å². The molecule has 92 valence electrons. The van der Waals surface area contributed by atoms with Crippen molar-refractivity contribution in [3.63, 3.8) is 0 Å². The standard InChI is InChI=1S/C11H15N3O3/c1-2-13(8-3-4-8)10(15)7-14-9(11(16)17)5-6-12-14/h5-6,8H,2-4,7H2,1H3,(H,16,17). The molecule has 1 N–H and O–H groups in total. The van der Waals surface area contributed by atoms with Gasteiger partial charge in [0.05, 0.1) is 0 Å². The number of carbonyl (C=O) groups excluding carboxylic acids is 1. The van der Waals surface area contributed by atoms with Gasteiger partial charge in [-0.05, 0) is 25.8 Å². The molecule has 1 saturated carbocycles. The van der Waals surface area contributed by atoms with Gasteiger partial charge in [-0.2, -0.15) is 5.10 Å². The van der Waals surface area contributed by atoms with Crippen LogP contribution in [0.25, 0.3) is 0 Å². The summed E-state index contributed by atoms with van der Waals surface area (Å²) in [6.07, 6.45) is 3.49. The van der Waals surface area contributed by atoms with E-state index >= 15 is 0 Å². The van der Waals surface area contributed by atoms with E-state index in [1.54, 1.807) is 4.90 Å². The van der Waals surface area contributed by atoms with Crippen LogP contribution in [0.1, 0.15) is 30.3 Å². The lowest BCUT2D eigenvalue weighted by Crippen LogP contribution is -2.36. The van der Waals surface area contributed by atoms with Crippen LogP contribution in [0, 0.1) is 0 Å². The Hall–Kier alpha value is -1.85. The van der Waals surface area contributed by atoms with Crippen LogP contribution in [0.5, 0.6) is 0 Å². The number of aromatic carboxylic acids is 1. The van der Waals surface area contributed by atoms with Crippen LogP contribution in [-0.4, -0.2) is 44.3 Å². The normalized spacial score (nSPS) is 14.6. The molecule has 1 aliphatic rings. The topological polar surface area (TPSA) is 75.4 Å². The maximum Gasteiger partial charge on any atom is 0.354 e. The number of rotatable bonds is 5. The first-order chi connectivity index (χ1) is 8.13. The molecule has 0 bridgehead atoms. The fraction of sp³-hybridized carbons (Fsp3) is 0.545. The van der Waals surface area contributed by atoms with Gasteiger partial charge in [0, 0.05) is 18.8 Å². The van der Waals surface area contributed by atoms with Crippen LogP contribution in [-0.2, 0) is 11.3 Å². The van der Waals surface area contributed by atoms with Crippen molar-refractivity contribution in [2.75, 3.05) is 6.54 Å². The first kappa shape index (κ1) is 11.6. The molecule has 1 aliphatic carbocycles. The minimum Gasteiger partial charge on any atom is -0.477 e. The zero-order chi connectivity index (χ0) is 12.4. The number of carbonyl (C=O) groups is 2. The molecule has 6 nitrogen and oxygen atoms in total. The predicted octanol–water partition coefficient (Wildman–Crippen LogP) is 0.592. The number of aromatic nitrogens is 2. The molecule has 2 rings (SSSR count). The Morgan fingerprint density at radius 2 is 2.29 bits per heavy atom. The highest BCUT2D eigenvalue weighted by Crippen LogP contribution is 2.26. The molecule has 0 aliphatic heterocycles. The zero-order valence-electron chi connectivity index (χ0n) is 9.67. The second-order valence-electron chi connectivity index (χ2n) is 4.09. The van der Waals surface area contributed by atoms with Crippen molar-refractivity contribution >= 4 is 11.9 Å². The summed E-state index contributed by atoms with van der Waals surface area (Å²) in [6, 6.07) is 1.74. The Bertz CT molecular complexity index is 437. The molecular formula is C11H15N3O3. The van der Waals surface area contributed by atoms with Crippen molar-refractivity contribution in [3.05, 3.63) is 18.0 Å². The van der Waals surface area contributed by atoms with E-state index in [4.69, 9.17) is 5.11 Å². The Kier molecular flexibility index (Phi) is 3.12. The first-order valence-corrected chi connectivity index (χ1v) is 5.68. The largest absolute Gasteiger partial charge is 0.477 e. The molecule has 0 unspecified atom stereocenters. The summed E-state index contributed by atoms with van der Waals surface area (Å²) in [5.74, 6) is -1.13. The molecule has 0 saturated heterocycles. The molecule has 0 aromatic carbocycles. The monoisotopic (exact) mass is 237 g/mol. The molecule has 0 spiro atoms. The first-order valence-electron chi connectivity index (χ1n) is 5.68. The quantitative estimate of drug-likeness (QED) is 0.813. The van der Waals surface area contributed by atoms with Gasteiger partial charge in [-0.25, -0.2) is 9.48 Å². The van der Waals surface area contributed by atoms with E-state index in [0.717, 1.165) is 12.8 Å². The Morgan fingerprint density at radius 3 is 2.82 bits per heavy atom. The number of hydrogen-bond donors (Lipinski definition) is 1. The predicted molar refractivity (Wildman–Crippen MR) is 59.6 cm³/mol. The van der Waals surface area contributed by atoms with Crippen LogP contribution < -0.4 is 0 Å². The number of nitrogens with zero attached hydrogens (tertiary/aromatic N) is 3. The highest BCUT2D eigenvalue weighted by Gasteiger charge is 2.31. The molecule has 1 heterocycles. The molecular weight excluding hydrogens is 222 g/mol. The number of carboxylic acids is 1. The average molecular weight is 237 g/mol. The smallest absolute Gasteiger partial charge is 0.354 e. The van der Waals surface area contributed by atoms with Crippen molar-refractivity contribution in [1.82, 2.24) is 14.7 Å². The van der Waals surface area contributed by atoms with Gasteiger partial charge in [0.15, 0.2) is 0 Å². The fourth-order valence-corrected chi connectivity index (χ4v) is 1.88. The summed E-state index contributed by atoms with van der Waals surface area (Å²) < 4.78 is 1.23. The van der Waals surface area contributed by atoms with Gasteiger partial charge in [-0.15, -0.1) is 0 Å². The van der Waals surface area contributed by atoms with E-state index in [-0.39, 0.29) is 18.1 Å². The van der Waals surface area contributed by atoms with Crippen molar-refractivity contribution in [3.8, 4) is 0 Å². The van der Waals surface area contributed by atoms with Gasteiger partial charge < -0.3 is 10.0 Å². The molecule has 6 heteroatoms. The van der Waals surface area contributed by atoms with Crippen molar-refractivity contribution in [2.24, 2.45) is 0 Å². The lowest BCUT2D eigenvalue weighted by atomic mass is 10.4. The zero-order valence-corrected chi connectivity index (χ0v) is 9.67.